The van der Waals surface area contributed by atoms with Gasteiger partial charge in [-0.15, -0.1) is 0 Å². The fraction of sp³-hybridized carbons (Fsp3) is 0.786. The second-order valence-electron chi connectivity index (χ2n) is 6.19. The Morgan fingerprint density at radius 3 is 2.80 bits per heavy atom. The van der Waals surface area contributed by atoms with Crippen molar-refractivity contribution in [3.8, 4) is 0 Å². The SMILES string of the molecule is CCCn1nc(C)c([N+](=O)[O-])c1NC1CC2CCC1C2. The minimum atomic E-state index is -0.302. The molecule has 3 atom stereocenters. The molecule has 0 aromatic carbocycles. The monoisotopic (exact) mass is 278 g/mol. The van der Waals surface area contributed by atoms with Gasteiger partial charge in [-0.3, -0.25) is 10.1 Å². The molecule has 110 valence electrons. The first kappa shape index (κ1) is 13.4. The Morgan fingerprint density at radius 1 is 1.45 bits per heavy atom. The van der Waals surface area contributed by atoms with Gasteiger partial charge in [0.05, 0.1) is 4.92 Å². The van der Waals surface area contributed by atoms with Crippen LogP contribution in [0.1, 0.15) is 44.7 Å². The maximum absolute atomic E-state index is 11.3. The highest BCUT2D eigenvalue weighted by molar-refractivity contribution is 5.60. The van der Waals surface area contributed by atoms with E-state index in [9.17, 15) is 10.1 Å². The molecule has 3 rings (SSSR count). The standard InChI is InChI=1S/C14H22N4O2/c1-3-6-17-14(13(18(19)20)9(2)16-17)15-12-8-10-4-5-11(12)7-10/h10-12,15H,3-8H2,1-2H3. The fourth-order valence-corrected chi connectivity index (χ4v) is 3.90. The number of hydrogen-bond donors (Lipinski definition) is 1. The molecule has 1 heterocycles. The summed E-state index contributed by atoms with van der Waals surface area (Å²) in [5.74, 6) is 2.12. The van der Waals surface area contributed by atoms with Crippen molar-refractivity contribution in [3.05, 3.63) is 15.8 Å². The van der Waals surface area contributed by atoms with Crippen molar-refractivity contribution in [1.82, 2.24) is 9.78 Å². The normalized spacial score (nSPS) is 28.0. The molecule has 0 radical (unpaired) electrons. The van der Waals surface area contributed by atoms with E-state index in [-0.39, 0.29) is 10.6 Å². The molecule has 2 fully saturated rings. The summed E-state index contributed by atoms with van der Waals surface area (Å²) in [5, 5.41) is 19.1. The maximum atomic E-state index is 11.3. The van der Waals surface area contributed by atoms with E-state index < -0.39 is 0 Å². The van der Waals surface area contributed by atoms with Crippen LogP contribution in [0.4, 0.5) is 11.5 Å². The molecule has 0 spiro atoms. The summed E-state index contributed by atoms with van der Waals surface area (Å²) in [6.07, 6.45) is 5.95. The van der Waals surface area contributed by atoms with Gasteiger partial charge in [0.25, 0.3) is 0 Å². The van der Waals surface area contributed by atoms with E-state index in [0.717, 1.165) is 25.3 Å². The molecular weight excluding hydrogens is 256 g/mol. The molecule has 2 saturated carbocycles. The molecule has 1 aromatic rings. The summed E-state index contributed by atoms with van der Waals surface area (Å²) in [6.45, 7) is 4.50. The lowest BCUT2D eigenvalue weighted by molar-refractivity contribution is -0.384. The summed E-state index contributed by atoms with van der Waals surface area (Å²) < 4.78 is 1.78. The van der Waals surface area contributed by atoms with E-state index in [4.69, 9.17) is 0 Å². The van der Waals surface area contributed by atoms with Crippen LogP contribution < -0.4 is 5.32 Å². The molecule has 2 aliphatic rings. The first-order chi connectivity index (χ1) is 9.60. The van der Waals surface area contributed by atoms with E-state index >= 15 is 0 Å². The van der Waals surface area contributed by atoms with E-state index in [1.165, 1.54) is 19.3 Å². The van der Waals surface area contributed by atoms with Gasteiger partial charge in [-0.05, 0) is 44.4 Å². The van der Waals surface area contributed by atoms with Crippen LogP contribution in [0.5, 0.6) is 0 Å². The van der Waals surface area contributed by atoms with Gasteiger partial charge < -0.3 is 5.32 Å². The molecule has 2 bridgehead atoms. The number of hydrogen-bond acceptors (Lipinski definition) is 4. The van der Waals surface area contributed by atoms with Crippen LogP contribution in [0.25, 0.3) is 0 Å². The molecule has 0 aliphatic heterocycles. The van der Waals surface area contributed by atoms with Crippen molar-refractivity contribution in [2.24, 2.45) is 11.8 Å². The number of anilines is 1. The largest absolute Gasteiger partial charge is 0.362 e. The lowest BCUT2D eigenvalue weighted by Crippen LogP contribution is -2.27. The van der Waals surface area contributed by atoms with E-state index in [0.29, 0.717) is 23.5 Å². The summed E-state index contributed by atoms with van der Waals surface area (Å²) >= 11 is 0. The first-order valence-electron chi connectivity index (χ1n) is 7.58. The molecule has 6 heteroatoms. The van der Waals surface area contributed by atoms with Crippen LogP contribution in [0, 0.1) is 28.9 Å². The molecule has 6 nitrogen and oxygen atoms in total. The number of nitro groups is 1. The summed E-state index contributed by atoms with van der Waals surface area (Å²) in [7, 11) is 0. The van der Waals surface area contributed by atoms with Gasteiger partial charge in [-0.25, -0.2) is 4.68 Å². The van der Waals surface area contributed by atoms with Crippen molar-refractivity contribution in [2.45, 2.75) is 58.5 Å². The number of aromatic nitrogens is 2. The highest BCUT2D eigenvalue weighted by atomic mass is 16.6. The van der Waals surface area contributed by atoms with Crippen molar-refractivity contribution in [2.75, 3.05) is 5.32 Å². The van der Waals surface area contributed by atoms with E-state index in [1.54, 1.807) is 11.6 Å². The smallest absolute Gasteiger partial charge is 0.333 e. The zero-order valence-corrected chi connectivity index (χ0v) is 12.1. The van der Waals surface area contributed by atoms with Crippen molar-refractivity contribution in [1.29, 1.82) is 0 Å². The molecule has 1 aromatic heterocycles. The van der Waals surface area contributed by atoms with Crippen LogP contribution in [-0.2, 0) is 6.54 Å². The second kappa shape index (κ2) is 5.07. The zero-order chi connectivity index (χ0) is 14.3. The number of aryl methyl sites for hydroxylation is 2. The summed E-state index contributed by atoms with van der Waals surface area (Å²) in [4.78, 5) is 11.0. The van der Waals surface area contributed by atoms with E-state index in [1.807, 2.05) is 0 Å². The predicted octanol–water partition coefficient (Wildman–Crippen LogP) is 3.11. The lowest BCUT2D eigenvalue weighted by atomic mass is 9.95. The summed E-state index contributed by atoms with van der Waals surface area (Å²) in [6, 6.07) is 0.388. The first-order valence-corrected chi connectivity index (χ1v) is 7.58. The average Bonchev–Trinajstić information content (AvgIpc) is 3.05. The average molecular weight is 278 g/mol. The Bertz CT molecular complexity index is 525. The third-order valence-corrected chi connectivity index (χ3v) is 4.77. The zero-order valence-electron chi connectivity index (χ0n) is 12.1. The molecule has 20 heavy (non-hydrogen) atoms. The quantitative estimate of drug-likeness (QED) is 0.663. The number of nitrogens with one attached hydrogen (secondary N) is 1. The van der Waals surface area contributed by atoms with Crippen molar-refractivity contribution in [3.63, 3.8) is 0 Å². The second-order valence-corrected chi connectivity index (χ2v) is 6.19. The van der Waals surface area contributed by atoms with Crippen LogP contribution in [0.3, 0.4) is 0 Å². The lowest BCUT2D eigenvalue weighted by Gasteiger charge is -2.23. The molecule has 0 amide bonds. The Labute approximate surface area is 118 Å². The highest BCUT2D eigenvalue weighted by Crippen LogP contribution is 2.46. The Balaban J connectivity index is 1.88. The Morgan fingerprint density at radius 2 is 2.25 bits per heavy atom. The minimum absolute atomic E-state index is 0.154. The molecule has 3 unspecified atom stereocenters. The van der Waals surface area contributed by atoms with Crippen LogP contribution in [0.2, 0.25) is 0 Å². The van der Waals surface area contributed by atoms with Crippen LogP contribution in [-0.4, -0.2) is 20.7 Å². The van der Waals surface area contributed by atoms with Gasteiger partial charge >= 0.3 is 5.69 Å². The van der Waals surface area contributed by atoms with Gasteiger partial charge in [0.1, 0.15) is 5.69 Å². The van der Waals surface area contributed by atoms with E-state index in [2.05, 4.69) is 17.3 Å². The van der Waals surface area contributed by atoms with Gasteiger partial charge in [-0.1, -0.05) is 13.3 Å². The third kappa shape index (κ3) is 2.17. The highest BCUT2D eigenvalue weighted by Gasteiger charge is 2.41. The Kier molecular flexibility index (Phi) is 3.40. The van der Waals surface area contributed by atoms with Gasteiger partial charge in [-0.2, -0.15) is 5.10 Å². The van der Waals surface area contributed by atoms with Crippen LogP contribution >= 0.6 is 0 Å². The van der Waals surface area contributed by atoms with Crippen molar-refractivity contribution < 1.29 is 4.92 Å². The molecule has 2 aliphatic carbocycles. The number of rotatable bonds is 5. The van der Waals surface area contributed by atoms with Gasteiger partial charge in [0.2, 0.25) is 5.82 Å². The number of nitrogens with zero attached hydrogens (tertiary/aromatic N) is 3. The van der Waals surface area contributed by atoms with Gasteiger partial charge in [0, 0.05) is 12.6 Å². The summed E-state index contributed by atoms with van der Waals surface area (Å²) in [5.41, 5.74) is 0.662. The van der Waals surface area contributed by atoms with Crippen LogP contribution in [0.15, 0.2) is 0 Å². The van der Waals surface area contributed by atoms with Gasteiger partial charge in [0.15, 0.2) is 0 Å². The third-order valence-electron chi connectivity index (χ3n) is 4.77. The maximum Gasteiger partial charge on any atom is 0.333 e. The number of fused-ring (bicyclic) bond motifs is 2. The molecule has 0 saturated heterocycles. The Hall–Kier alpha value is -1.59. The minimum Gasteiger partial charge on any atom is -0.362 e. The van der Waals surface area contributed by atoms with Crippen molar-refractivity contribution >= 4 is 11.5 Å². The predicted molar refractivity (Wildman–Crippen MR) is 76.8 cm³/mol. The fourth-order valence-electron chi connectivity index (χ4n) is 3.90. The molecule has 1 N–H and O–H groups in total. The topological polar surface area (TPSA) is 73.0 Å². The molecular formula is C14H22N4O2.